The lowest BCUT2D eigenvalue weighted by Gasteiger charge is -2.28. The summed E-state index contributed by atoms with van der Waals surface area (Å²) in [7, 11) is 1.63. The molecule has 1 fully saturated rings. The number of ether oxygens (including phenoxy) is 1. The lowest BCUT2D eigenvalue weighted by atomic mass is 10.0. The van der Waals surface area contributed by atoms with Crippen molar-refractivity contribution in [1.82, 2.24) is 25.8 Å². The molecule has 0 aromatic heterocycles. The molecule has 0 aliphatic carbocycles. The van der Waals surface area contributed by atoms with Gasteiger partial charge in [0, 0.05) is 33.1 Å². The van der Waals surface area contributed by atoms with Gasteiger partial charge in [0.2, 0.25) is 23.6 Å². The summed E-state index contributed by atoms with van der Waals surface area (Å²) in [4.78, 5) is 68.0. The number of likely N-dealkylation sites (tertiary alicyclic amines) is 1. The van der Waals surface area contributed by atoms with Gasteiger partial charge in [-0.3, -0.25) is 24.0 Å². The molecule has 0 saturated carbocycles. The first-order chi connectivity index (χ1) is 20.1. The minimum Gasteiger partial charge on any atom is -0.491 e. The number of hydrogen-bond acceptors (Lipinski definition) is 6. The van der Waals surface area contributed by atoms with E-state index in [0.717, 1.165) is 24.1 Å². The summed E-state index contributed by atoms with van der Waals surface area (Å²) in [5.41, 5.74) is 2.04. The summed E-state index contributed by atoms with van der Waals surface area (Å²) in [5.74, 6) is -1.62. The summed E-state index contributed by atoms with van der Waals surface area (Å²) < 4.78 is 5.83. The van der Waals surface area contributed by atoms with Crippen molar-refractivity contribution in [2.45, 2.75) is 58.3 Å². The quantitative estimate of drug-likeness (QED) is 0.477. The third kappa shape index (κ3) is 7.86. The van der Waals surface area contributed by atoms with Crippen LogP contribution in [0.2, 0.25) is 0 Å². The Bertz CT molecular complexity index is 1310. The molecular formula is C31H39N5O6. The van der Waals surface area contributed by atoms with Crippen molar-refractivity contribution in [3.63, 3.8) is 0 Å². The first-order valence-corrected chi connectivity index (χ1v) is 14.3. The summed E-state index contributed by atoms with van der Waals surface area (Å²) >= 11 is 0. The van der Waals surface area contributed by atoms with Crippen LogP contribution < -0.4 is 20.7 Å². The molecule has 2 aromatic carbocycles. The predicted molar refractivity (Wildman–Crippen MR) is 155 cm³/mol. The second-order valence-electron chi connectivity index (χ2n) is 11.1. The van der Waals surface area contributed by atoms with Crippen molar-refractivity contribution in [2.75, 3.05) is 26.7 Å². The molecule has 2 heterocycles. The van der Waals surface area contributed by atoms with Gasteiger partial charge in [-0.15, -0.1) is 0 Å². The molecule has 2 aromatic rings. The van der Waals surface area contributed by atoms with Gasteiger partial charge in [-0.2, -0.15) is 0 Å². The van der Waals surface area contributed by atoms with Crippen LogP contribution in [0, 0.1) is 5.92 Å². The maximum atomic E-state index is 13.3. The van der Waals surface area contributed by atoms with Crippen molar-refractivity contribution < 1.29 is 28.7 Å². The molecule has 2 aliphatic heterocycles. The van der Waals surface area contributed by atoms with E-state index in [2.05, 4.69) is 16.0 Å². The summed E-state index contributed by atoms with van der Waals surface area (Å²) in [6.45, 7) is 5.54. The van der Waals surface area contributed by atoms with E-state index in [9.17, 15) is 24.0 Å². The zero-order valence-electron chi connectivity index (χ0n) is 24.4. The molecule has 2 aliphatic rings. The number of carbonyl (C=O) groups excluding carboxylic acids is 5. The Balaban J connectivity index is 1.48. The number of para-hydroxylation sites is 1. The van der Waals surface area contributed by atoms with Crippen molar-refractivity contribution in [1.29, 1.82) is 0 Å². The fraction of sp³-hybridized carbons (Fsp3) is 0.452. The number of carbonyl (C=O) groups is 5. The van der Waals surface area contributed by atoms with E-state index in [1.54, 1.807) is 31.3 Å². The summed E-state index contributed by atoms with van der Waals surface area (Å²) in [5, 5.41) is 8.25. The van der Waals surface area contributed by atoms with Crippen LogP contribution in [0.1, 0.15) is 54.6 Å². The number of rotatable bonds is 6. The Morgan fingerprint density at radius 1 is 1.00 bits per heavy atom. The van der Waals surface area contributed by atoms with Crippen LogP contribution in [-0.4, -0.2) is 78.2 Å². The Morgan fingerprint density at radius 3 is 2.40 bits per heavy atom. The van der Waals surface area contributed by atoms with Crippen LogP contribution in [0.4, 0.5) is 0 Å². The number of nitrogens with one attached hydrogen (secondary N) is 3. The first-order valence-electron chi connectivity index (χ1n) is 14.3. The highest BCUT2D eigenvalue weighted by atomic mass is 16.5. The fourth-order valence-corrected chi connectivity index (χ4v) is 4.96. The Hall–Kier alpha value is -4.41. The third-order valence-electron chi connectivity index (χ3n) is 7.49. The lowest BCUT2D eigenvalue weighted by molar-refractivity contribution is -0.137. The minimum atomic E-state index is -1.20. The van der Waals surface area contributed by atoms with E-state index in [0.29, 0.717) is 18.7 Å². The van der Waals surface area contributed by atoms with E-state index in [-0.39, 0.29) is 49.4 Å². The van der Waals surface area contributed by atoms with Crippen molar-refractivity contribution in [3.05, 3.63) is 65.2 Å². The molecule has 2 atom stereocenters. The number of nitrogens with zero attached hydrogens (tertiary/aromatic N) is 2. The largest absolute Gasteiger partial charge is 0.491 e. The van der Waals surface area contributed by atoms with Crippen molar-refractivity contribution in [3.8, 4) is 5.75 Å². The highest BCUT2D eigenvalue weighted by molar-refractivity contribution is 6.01. The van der Waals surface area contributed by atoms with Gasteiger partial charge in [0.1, 0.15) is 24.4 Å². The maximum absolute atomic E-state index is 13.3. The number of amides is 5. The SMILES string of the molecule is CC(C)[C@H]1NC(=O)C[C@@H](C(=O)NCc2ccc(CN3CCCC3=O)cc2)NC(=O)c2ccccc2OCCN(C)C1=O. The van der Waals surface area contributed by atoms with Gasteiger partial charge in [0.25, 0.3) is 5.91 Å². The van der Waals surface area contributed by atoms with Gasteiger partial charge in [-0.1, -0.05) is 50.2 Å². The van der Waals surface area contributed by atoms with Gasteiger partial charge in [0.05, 0.1) is 18.5 Å². The van der Waals surface area contributed by atoms with Crippen LogP contribution >= 0.6 is 0 Å². The Labute approximate surface area is 246 Å². The Kier molecular flexibility index (Phi) is 10.2. The van der Waals surface area contributed by atoms with Crippen LogP contribution in [0.5, 0.6) is 5.75 Å². The van der Waals surface area contributed by atoms with Crippen molar-refractivity contribution >= 4 is 29.5 Å². The first kappa shape index (κ1) is 30.5. The second kappa shape index (κ2) is 14.0. The number of likely N-dealkylation sites (N-methyl/N-ethyl adjacent to an activating group) is 1. The summed E-state index contributed by atoms with van der Waals surface area (Å²) in [6, 6.07) is 12.2. The standard InChI is InChI=1S/C31H39N5O6/c1-20(2)28-31(41)35(3)15-16-42-25-8-5-4-7-23(25)29(39)33-24(17-26(37)34-28)30(40)32-18-21-10-12-22(13-11-21)19-36-14-6-9-27(36)38/h4-5,7-8,10-13,20,24,28H,6,9,14-19H2,1-3H3,(H,32,40)(H,33,39)(H,34,37)/t24-,28+/m0/s1. The van der Waals surface area contributed by atoms with E-state index < -0.39 is 29.8 Å². The van der Waals surface area contributed by atoms with E-state index in [1.165, 1.54) is 4.90 Å². The lowest BCUT2D eigenvalue weighted by Crippen LogP contribution is -2.54. The molecule has 42 heavy (non-hydrogen) atoms. The molecule has 0 unspecified atom stereocenters. The fourth-order valence-electron chi connectivity index (χ4n) is 4.96. The van der Waals surface area contributed by atoms with Crippen LogP contribution in [0.3, 0.4) is 0 Å². The predicted octanol–water partition coefficient (Wildman–Crippen LogP) is 1.61. The second-order valence-corrected chi connectivity index (χ2v) is 11.1. The topological polar surface area (TPSA) is 137 Å². The molecule has 0 bridgehead atoms. The highest BCUT2D eigenvalue weighted by Gasteiger charge is 2.31. The molecular weight excluding hydrogens is 538 g/mol. The van der Waals surface area contributed by atoms with E-state index in [4.69, 9.17) is 4.74 Å². The molecule has 0 radical (unpaired) electrons. The monoisotopic (exact) mass is 577 g/mol. The average Bonchev–Trinajstić information content (AvgIpc) is 3.37. The third-order valence-corrected chi connectivity index (χ3v) is 7.49. The average molecular weight is 578 g/mol. The zero-order chi connectivity index (χ0) is 30.2. The van der Waals surface area contributed by atoms with Crippen LogP contribution in [-0.2, 0) is 32.3 Å². The minimum absolute atomic E-state index is 0.141. The van der Waals surface area contributed by atoms with Gasteiger partial charge in [-0.25, -0.2) is 0 Å². The van der Waals surface area contributed by atoms with E-state index >= 15 is 0 Å². The van der Waals surface area contributed by atoms with E-state index in [1.807, 2.05) is 43.0 Å². The zero-order valence-corrected chi connectivity index (χ0v) is 24.4. The Morgan fingerprint density at radius 2 is 1.71 bits per heavy atom. The maximum Gasteiger partial charge on any atom is 0.255 e. The number of benzene rings is 2. The van der Waals surface area contributed by atoms with Crippen LogP contribution in [0.25, 0.3) is 0 Å². The smallest absolute Gasteiger partial charge is 0.255 e. The van der Waals surface area contributed by atoms with Gasteiger partial charge in [0.15, 0.2) is 0 Å². The number of hydrogen-bond donors (Lipinski definition) is 3. The molecule has 3 N–H and O–H groups in total. The van der Waals surface area contributed by atoms with Crippen LogP contribution in [0.15, 0.2) is 48.5 Å². The van der Waals surface area contributed by atoms with Gasteiger partial charge < -0.3 is 30.5 Å². The molecule has 11 nitrogen and oxygen atoms in total. The van der Waals surface area contributed by atoms with Crippen molar-refractivity contribution in [2.24, 2.45) is 5.92 Å². The molecule has 11 heteroatoms. The number of fused-ring (bicyclic) bond motifs is 1. The summed E-state index contributed by atoms with van der Waals surface area (Å²) in [6.07, 6.45) is 1.11. The van der Waals surface area contributed by atoms with Gasteiger partial charge in [-0.05, 0) is 35.6 Å². The molecule has 1 saturated heterocycles. The highest BCUT2D eigenvalue weighted by Crippen LogP contribution is 2.19. The molecule has 5 amide bonds. The molecule has 224 valence electrons. The molecule has 0 spiro atoms. The normalized spacial score (nSPS) is 20.4. The molecule has 4 rings (SSSR count). The van der Waals surface area contributed by atoms with Gasteiger partial charge >= 0.3 is 0 Å².